The monoisotopic (exact) mass is 380 g/mol. The minimum atomic E-state index is -0.386. The number of carbonyl (C=O) groups excluding carboxylic acids is 1. The van der Waals surface area contributed by atoms with Crippen LogP contribution in [-0.4, -0.2) is 54.2 Å². The number of aryl methyl sites for hydroxylation is 1. The zero-order valence-electron chi connectivity index (χ0n) is 14.3. The van der Waals surface area contributed by atoms with E-state index in [2.05, 4.69) is 15.5 Å². The van der Waals surface area contributed by atoms with E-state index < -0.39 is 0 Å². The maximum Gasteiger partial charge on any atom is 0.241 e. The lowest BCUT2D eigenvalue weighted by Crippen LogP contribution is -2.38. The van der Waals surface area contributed by atoms with Crippen molar-refractivity contribution in [3.05, 3.63) is 28.8 Å². The Kier molecular flexibility index (Phi) is 5.77. The van der Waals surface area contributed by atoms with Crippen LogP contribution < -0.4 is 14.8 Å². The largest absolute Gasteiger partial charge is 0.454 e. The van der Waals surface area contributed by atoms with E-state index in [1.165, 1.54) is 0 Å². The average Bonchev–Trinajstić information content (AvgIpc) is 3.19. The number of amides is 1. The third kappa shape index (κ3) is 4.42. The van der Waals surface area contributed by atoms with Crippen molar-refractivity contribution in [2.45, 2.75) is 17.3 Å². The third-order valence-electron chi connectivity index (χ3n) is 3.61. The molecule has 2 heterocycles. The molecule has 0 radical (unpaired) electrons. The van der Waals surface area contributed by atoms with E-state index in [-0.39, 0.29) is 18.7 Å². The Morgan fingerprint density at radius 3 is 2.88 bits per heavy atom. The molecule has 0 spiro atoms. The highest BCUT2D eigenvalue weighted by molar-refractivity contribution is 8.01. The summed E-state index contributed by atoms with van der Waals surface area (Å²) in [5, 5.41) is 12.0. The van der Waals surface area contributed by atoms with E-state index in [1.54, 1.807) is 23.1 Å². The molecule has 1 aromatic heterocycles. The second kappa shape index (κ2) is 8.03. The first kappa shape index (κ1) is 18.0. The second-order valence-corrected chi connectivity index (χ2v) is 8.23. The van der Waals surface area contributed by atoms with Gasteiger partial charge in [-0.3, -0.25) is 9.69 Å². The number of nitrogens with one attached hydrogen (secondary N) is 1. The number of benzene rings is 1. The van der Waals surface area contributed by atoms with E-state index in [0.29, 0.717) is 18.0 Å². The summed E-state index contributed by atoms with van der Waals surface area (Å²) in [6.45, 7) is 2.72. The smallest absolute Gasteiger partial charge is 0.241 e. The van der Waals surface area contributed by atoms with Gasteiger partial charge in [0.25, 0.3) is 0 Å². The lowest BCUT2D eigenvalue weighted by molar-refractivity contribution is -0.125. The number of ether oxygens (including phenoxy) is 2. The predicted octanol–water partition coefficient (Wildman–Crippen LogP) is 2.09. The normalized spacial score (nSPS) is 13.9. The molecule has 0 fully saturated rings. The van der Waals surface area contributed by atoms with Gasteiger partial charge in [0, 0.05) is 12.3 Å². The van der Waals surface area contributed by atoms with Crippen molar-refractivity contribution in [1.82, 2.24) is 20.4 Å². The quantitative estimate of drug-likeness (QED) is 0.582. The second-order valence-electron chi connectivity index (χ2n) is 5.71. The summed E-state index contributed by atoms with van der Waals surface area (Å²) < 4.78 is 11.7. The molecule has 25 heavy (non-hydrogen) atoms. The van der Waals surface area contributed by atoms with Crippen molar-refractivity contribution in [3.63, 3.8) is 0 Å². The summed E-state index contributed by atoms with van der Waals surface area (Å²) in [5.41, 5.74) is 0.874. The van der Waals surface area contributed by atoms with E-state index >= 15 is 0 Å². The number of nitrogens with zero attached hydrogens (tertiary/aromatic N) is 3. The molecule has 0 bridgehead atoms. The van der Waals surface area contributed by atoms with E-state index in [9.17, 15) is 4.79 Å². The van der Waals surface area contributed by atoms with Crippen LogP contribution in [0.4, 0.5) is 0 Å². The number of carbonyl (C=O) groups is 1. The van der Waals surface area contributed by atoms with Crippen molar-refractivity contribution in [1.29, 1.82) is 0 Å². The minimum absolute atomic E-state index is 0.0436. The number of rotatable bonds is 7. The first-order valence-electron chi connectivity index (χ1n) is 7.81. The van der Waals surface area contributed by atoms with Gasteiger partial charge in [-0.15, -0.1) is 10.2 Å². The zero-order valence-corrected chi connectivity index (χ0v) is 15.9. The standard InChI is InChI=1S/C16H20N4O3S2/c1-10-18-19-16(25-10)24-7-6-17-15(21)14(20(2)3)11-4-5-12-13(8-11)23-9-22-12/h4-5,8,14H,6-7,9H2,1-3H3,(H,17,21)/t14-/m1/s1. The maximum absolute atomic E-state index is 12.6. The first-order chi connectivity index (χ1) is 12.0. The van der Waals surface area contributed by atoms with Crippen molar-refractivity contribution in [2.75, 3.05) is 33.2 Å². The number of aromatic nitrogens is 2. The van der Waals surface area contributed by atoms with E-state index in [1.807, 2.05) is 44.1 Å². The molecule has 1 N–H and O–H groups in total. The highest BCUT2D eigenvalue weighted by atomic mass is 32.2. The average molecular weight is 380 g/mol. The lowest BCUT2D eigenvalue weighted by atomic mass is 10.0. The number of hydrogen-bond donors (Lipinski definition) is 1. The molecule has 1 amide bonds. The van der Waals surface area contributed by atoms with Crippen molar-refractivity contribution in [2.24, 2.45) is 0 Å². The summed E-state index contributed by atoms with van der Waals surface area (Å²) in [4.78, 5) is 14.5. The number of fused-ring (bicyclic) bond motifs is 1. The maximum atomic E-state index is 12.6. The van der Waals surface area contributed by atoms with Gasteiger partial charge in [0.15, 0.2) is 15.8 Å². The Hall–Kier alpha value is -1.84. The van der Waals surface area contributed by atoms with Crippen LogP contribution >= 0.6 is 23.1 Å². The van der Waals surface area contributed by atoms with Gasteiger partial charge in [-0.05, 0) is 38.7 Å². The van der Waals surface area contributed by atoms with Gasteiger partial charge < -0.3 is 14.8 Å². The predicted molar refractivity (Wildman–Crippen MR) is 97.4 cm³/mol. The molecule has 2 aromatic rings. The molecular formula is C16H20N4O3S2. The molecule has 1 aliphatic heterocycles. The van der Waals surface area contributed by atoms with Gasteiger partial charge in [-0.25, -0.2) is 0 Å². The Labute approximate surface area is 154 Å². The fourth-order valence-electron chi connectivity index (χ4n) is 2.51. The van der Waals surface area contributed by atoms with Gasteiger partial charge in [0.1, 0.15) is 11.0 Å². The minimum Gasteiger partial charge on any atom is -0.454 e. The van der Waals surface area contributed by atoms with Gasteiger partial charge in [-0.2, -0.15) is 0 Å². The molecule has 0 saturated carbocycles. The van der Waals surface area contributed by atoms with Crippen LogP contribution in [-0.2, 0) is 4.79 Å². The van der Waals surface area contributed by atoms with E-state index in [0.717, 1.165) is 20.7 Å². The third-order valence-corrected chi connectivity index (χ3v) is 5.59. The molecule has 1 aliphatic rings. The van der Waals surface area contributed by atoms with Crippen LogP contribution in [0.3, 0.4) is 0 Å². The molecule has 9 heteroatoms. The summed E-state index contributed by atoms with van der Waals surface area (Å²) in [5.74, 6) is 2.10. The first-order valence-corrected chi connectivity index (χ1v) is 9.61. The molecule has 0 unspecified atom stereocenters. The molecule has 134 valence electrons. The molecule has 1 atom stereocenters. The summed E-state index contributed by atoms with van der Waals surface area (Å²) in [6.07, 6.45) is 0. The molecule has 3 rings (SSSR count). The number of thioether (sulfide) groups is 1. The van der Waals surface area contributed by atoms with Crippen LogP contribution in [0.25, 0.3) is 0 Å². The van der Waals surface area contributed by atoms with Gasteiger partial charge in [-0.1, -0.05) is 29.2 Å². The Morgan fingerprint density at radius 2 is 2.16 bits per heavy atom. The highest BCUT2D eigenvalue weighted by Gasteiger charge is 2.25. The SMILES string of the molecule is Cc1nnc(SCCNC(=O)[C@@H](c2ccc3c(c2)OCO3)N(C)C)s1. The fourth-order valence-corrected chi connectivity index (χ4v) is 4.25. The molecule has 1 aromatic carbocycles. The van der Waals surface area contributed by atoms with Gasteiger partial charge >= 0.3 is 0 Å². The Balaban J connectivity index is 1.57. The van der Waals surface area contributed by atoms with Gasteiger partial charge in [0.2, 0.25) is 12.7 Å². The van der Waals surface area contributed by atoms with Crippen LogP contribution in [0.1, 0.15) is 16.6 Å². The van der Waals surface area contributed by atoms with Crippen molar-refractivity contribution >= 4 is 29.0 Å². The summed E-state index contributed by atoms with van der Waals surface area (Å²) in [7, 11) is 3.77. The van der Waals surface area contributed by atoms with Crippen LogP contribution in [0.15, 0.2) is 22.5 Å². The van der Waals surface area contributed by atoms with Crippen molar-refractivity contribution in [3.8, 4) is 11.5 Å². The van der Waals surface area contributed by atoms with E-state index in [4.69, 9.17) is 9.47 Å². The summed E-state index contributed by atoms with van der Waals surface area (Å²) in [6, 6.07) is 5.22. The molecular weight excluding hydrogens is 360 g/mol. The van der Waals surface area contributed by atoms with Gasteiger partial charge in [0.05, 0.1) is 0 Å². The van der Waals surface area contributed by atoms with Crippen LogP contribution in [0, 0.1) is 6.92 Å². The number of likely N-dealkylation sites (N-methyl/N-ethyl adjacent to an activating group) is 1. The number of hydrogen-bond acceptors (Lipinski definition) is 8. The van der Waals surface area contributed by atoms with Crippen LogP contribution in [0.2, 0.25) is 0 Å². The lowest BCUT2D eigenvalue weighted by Gasteiger charge is -2.24. The topological polar surface area (TPSA) is 76.6 Å². The van der Waals surface area contributed by atoms with Crippen molar-refractivity contribution < 1.29 is 14.3 Å². The fraction of sp³-hybridized carbons (Fsp3) is 0.438. The molecule has 0 aliphatic carbocycles. The highest BCUT2D eigenvalue weighted by Crippen LogP contribution is 2.35. The van der Waals surface area contributed by atoms with Crippen LogP contribution in [0.5, 0.6) is 11.5 Å². The molecule has 7 nitrogen and oxygen atoms in total. The Bertz CT molecular complexity index is 751. The molecule has 0 saturated heterocycles. The zero-order chi connectivity index (χ0) is 17.8. The Morgan fingerprint density at radius 1 is 1.36 bits per heavy atom. The summed E-state index contributed by atoms with van der Waals surface area (Å²) >= 11 is 3.16.